The monoisotopic (exact) mass is 218 g/mol. The fourth-order valence-corrected chi connectivity index (χ4v) is 1.41. The standard InChI is InChI=1S/C11H7ClN2O/c1-2-7-15-10-8-5-3-4-6-9(8)13-11(12)14-10/h1,3-6H,7H2. The average Bonchev–Trinajstić information content (AvgIpc) is 2.25. The Morgan fingerprint density at radius 1 is 1.33 bits per heavy atom. The summed E-state index contributed by atoms with van der Waals surface area (Å²) in [4.78, 5) is 8.04. The van der Waals surface area contributed by atoms with Crippen molar-refractivity contribution in [3.63, 3.8) is 0 Å². The highest BCUT2D eigenvalue weighted by molar-refractivity contribution is 6.28. The van der Waals surface area contributed by atoms with E-state index in [1.807, 2.05) is 24.3 Å². The van der Waals surface area contributed by atoms with Gasteiger partial charge in [0, 0.05) is 0 Å². The first-order valence-corrected chi connectivity index (χ1v) is 4.67. The Balaban J connectivity index is 2.56. The molecule has 2 rings (SSSR count). The lowest BCUT2D eigenvalue weighted by molar-refractivity contribution is 0.360. The molecule has 0 saturated heterocycles. The van der Waals surface area contributed by atoms with Gasteiger partial charge >= 0.3 is 0 Å². The van der Waals surface area contributed by atoms with Gasteiger partial charge in [-0.2, -0.15) is 4.98 Å². The van der Waals surface area contributed by atoms with Crippen LogP contribution in [0.25, 0.3) is 10.9 Å². The van der Waals surface area contributed by atoms with Crippen molar-refractivity contribution in [2.45, 2.75) is 0 Å². The summed E-state index contributed by atoms with van der Waals surface area (Å²) in [5.41, 5.74) is 0.740. The number of benzene rings is 1. The van der Waals surface area contributed by atoms with Crippen LogP contribution in [-0.2, 0) is 0 Å². The molecule has 0 aliphatic carbocycles. The Kier molecular flexibility index (Phi) is 2.70. The SMILES string of the molecule is C#CCOc1nc(Cl)nc2ccccc12. The zero-order valence-electron chi connectivity index (χ0n) is 7.77. The van der Waals surface area contributed by atoms with E-state index < -0.39 is 0 Å². The van der Waals surface area contributed by atoms with Crippen LogP contribution in [0.4, 0.5) is 0 Å². The van der Waals surface area contributed by atoms with Crippen LogP contribution in [0.3, 0.4) is 0 Å². The maximum atomic E-state index is 5.75. The van der Waals surface area contributed by atoms with Crippen molar-refractivity contribution in [3.8, 4) is 18.2 Å². The Morgan fingerprint density at radius 3 is 2.93 bits per heavy atom. The van der Waals surface area contributed by atoms with E-state index in [9.17, 15) is 0 Å². The zero-order valence-corrected chi connectivity index (χ0v) is 8.53. The van der Waals surface area contributed by atoms with Gasteiger partial charge in [0.2, 0.25) is 11.2 Å². The summed E-state index contributed by atoms with van der Waals surface area (Å²) in [6.07, 6.45) is 5.11. The van der Waals surface area contributed by atoms with E-state index in [1.54, 1.807) is 0 Å². The fourth-order valence-electron chi connectivity index (χ4n) is 1.24. The van der Waals surface area contributed by atoms with Crippen LogP contribution in [0, 0.1) is 12.3 Å². The van der Waals surface area contributed by atoms with Crippen LogP contribution in [0.1, 0.15) is 0 Å². The summed E-state index contributed by atoms with van der Waals surface area (Å²) in [5, 5.41) is 0.956. The molecule has 1 aromatic heterocycles. The molecule has 0 atom stereocenters. The van der Waals surface area contributed by atoms with E-state index in [1.165, 1.54) is 0 Å². The number of terminal acetylenes is 1. The molecule has 74 valence electrons. The van der Waals surface area contributed by atoms with Gasteiger partial charge in [0.05, 0.1) is 10.9 Å². The summed E-state index contributed by atoms with van der Waals surface area (Å²) in [6.45, 7) is 0.164. The van der Waals surface area contributed by atoms with Crippen molar-refractivity contribution in [2.75, 3.05) is 6.61 Å². The van der Waals surface area contributed by atoms with Gasteiger partial charge in [-0.1, -0.05) is 18.1 Å². The van der Waals surface area contributed by atoms with Gasteiger partial charge in [-0.3, -0.25) is 0 Å². The van der Waals surface area contributed by atoms with Gasteiger partial charge in [0.1, 0.15) is 0 Å². The number of rotatable bonds is 2. The number of para-hydroxylation sites is 1. The molecular formula is C11H7ClN2O. The van der Waals surface area contributed by atoms with Crippen LogP contribution in [0.15, 0.2) is 24.3 Å². The quantitative estimate of drug-likeness (QED) is 0.573. The van der Waals surface area contributed by atoms with Crippen LogP contribution in [0.5, 0.6) is 5.88 Å². The number of aromatic nitrogens is 2. The van der Waals surface area contributed by atoms with Crippen LogP contribution >= 0.6 is 11.6 Å². The van der Waals surface area contributed by atoms with Gasteiger partial charge in [-0.15, -0.1) is 6.42 Å². The molecule has 0 N–H and O–H groups in total. The second-order valence-electron chi connectivity index (χ2n) is 2.81. The van der Waals surface area contributed by atoms with Gasteiger partial charge in [0.25, 0.3) is 0 Å². The van der Waals surface area contributed by atoms with Crippen molar-refractivity contribution >= 4 is 22.5 Å². The summed E-state index contributed by atoms with van der Waals surface area (Å²) in [6, 6.07) is 7.45. The molecule has 1 aromatic carbocycles. The first kappa shape index (κ1) is 9.75. The van der Waals surface area contributed by atoms with Gasteiger partial charge < -0.3 is 4.74 Å². The highest BCUT2D eigenvalue weighted by Crippen LogP contribution is 2.23. The summed E-state index contributed by atoms with van der Waals surface area (Å²) >= 11 is 5.75. The molecule has 0 spiro atoms. The molecule has 0 saturated carbocycles. The molecule has 0 bridgehead atoms. The first-order chi connectivity index (χ1) is 7.31. The van der Waals surface area contributed by atoms with Crippen molar-refractivity contribution in [3.05, 3.63) is 29.5 Å². The molecule has 3 nitrogen and oxygen atoms in total. The lowest BCUT2D eigenvalue weighted by Crippen LogP contribution is -1.98. The number of fused-ring (bicyclic) bond motifs is 1. The Hall–Kier alpha value is -1.79. The maximum Gasteiger partial charge on any atom is 0.226 e. The Morgan fingerprint density at radius 2 is 2.13 bits per heavy atom. The molecule has 0 unspecified atom stereocenters. The van der Waals surface area contributed by atoms with Gasteiger partial charge in [-0.25, -0.2) is 4.98 Å². The molecular weight excluding hydrogens is 212 g/mol. The fraction of sp³-hybridized carbons (Fsp3) is 0.0909. The molecule has 0 aliphatic rings. The summed E-state index contributed by atoms with van der Waals surface area (Å²) in [7, 11) is 0. The molecule has 0 aliphatic heterocycles. The van der Waals surface area contributed by atoms with Crippen LogP contribution in [0.2, 0.25) is 5.28 Å². The van der Waals surface area contributed by atoms with E-state index in [0.29, 0.717) is 5.88 Å². The third kappa shape index (κ3) is 2.00. The van der Waals surface area contributed by atoms with Crippen molar-refractivity contribution in [1.82, 2.24) is 9.97 Å². The smallest absolute Gasteiger partial charge is 0.226 e. The highest BCUT2D eigenvalue weighted by atomic mass is 35.5. The van der Waals surface area contributed by atoms with Crippen LogP contribution < -0.4 is 4.74 Å². The average molecular weight is 219 g/mol. The third-order valence-electron chi connectivity index (χ3n) is 1.83. The topological polar surface area (TPSA) is 35.0 Å². The second kappa shape index (κ2) is 4.16. The Labute approximate surface area is 92.1 Å². The lowest BCUT2D eigenvalue weighted by atomic mass is 10.2. The number of hydrogen-bond acceptors (Lipinski definition) is 3. The predicted molar refractivity (Wildman–Crippen MR) is 58.9 cm³/mol. The van der Waals surface area contributed by atoms with Crippen molar-refractivity contribution < 1.29 is 4.74 Å². The molecule has 1 heterocycles. The molecule has 2 aromatic rings. The van der Waals surface area contributed by atoms with E-state index in [4.69, 9.17) is 22.8 Å². The zero-order chi connectivity index (χ0) is 10.7. The minimum Gasteiger partial charge on any atom is -0.464 e. The van der Waals surface area contributed by atoms with Crippen molar-refractivity contribution in [2.24, 2.45) is 0 Å². The lowest BCUT2D eigenvalue weighted by Gasteiger charge is -2.05. The number of nitrogens with zero attached hydrogens (tertiary/aromatic N) is 2. The van der Waals surface area contributed by atoms with E-state index >= 15 is 0 Å². The predicted octanol–water partition coefficient (Wildman–Crippen LogP) is 2.30. The van der Waals surface area contributed by atoms with Crippen molar-refractivity contribution in [1.29, 1.82) is 0 Å². The van der Waals surface area contributed by atoms with E-state index in [0.717, 1.165) is 10.9 Å². The molecule has 0 fully saturated rings. The van der Waals surface area contributed by atoms with E-state index in [2.05, 4.69) is 15.9 Å². The van der Waals surface area contributed by atoms with E-state index in [-0.39, 0.29) is 11.9 Å². The maximum absolute atomic E-state index is 5.75. The summed E-state index contributed by atoms with van der Waals surface area (Å²) in [5.74, 6) is 2.79. The second-order valence-corrected chi connectivity index (χ2v) is 3.15. The largest absolute Gasteiger partial charge is 0.464 e. The number of hydrogen-bond donors (Lipinski definition) is 0. The van der Waals surface area contributed by atoms with Gasteiger partial charge in [-0.05, 0) is 23.7 Å². The normalized spacial score (nSPS) is 9.87. The Bertz CT molecular complexity index is 534. The molecule has 0 amide bonds. The first-order valence-electron chi connectivity index (χ1n) is 4.30. The molecule has 0 radical (unpaired) electrons. The van der Waals surface area contributed by atoms with Crippen LogP contribution in [-0.4, -0.2) is 16.6 Å². The summed E-state index contributed by atoms with van der Waals surface area (Å²) < 4.78 is 5.28. The molecule has 4 heteroatoms. The number of halogens is 1. The minimum atomic E-state index is 0.153. The minimum absolute atomic E-state index is 0.153. The third-order valence-corrected chi connectivity index (χ3v) is 2.00. The molecule has 15 heavy (non-hydrogen) atoms. The number of ether oxygens (including phenoxy) is 1. The highest BCUT2D eigenvalue weighted by Gasteiger charge is 2.06. The van der Waals surface area contributed by atoms with Gasteiger partial charge in [0.15, 0.2) is 6.61 Å².